The van der Waals surface area contributed by atoms with Gasteiger partial charge >= 0.3 is 6.09 Å². The standard InChI is InChI=1S/C23H26ClN3O6S2/c1-13-5-10-16-18(12-13)34-22(19(16)21(29)26-23(30)33-2)25-20(28)17-4-3-11-27(17)35(31,32)15-8-6-14(24)7-9-15/h6-9,13,17H,3-5,10-12H2,1-2H3,(H,25,28)(H,26,29,30). The molecule has 12 heteroatoms. The third kappa shape index (κ3) is 5.23. The van der Waals surface area contributed by atoms with E-state index in [2.05, 4.69) is 22.3 Å². The van der Waals surface area contributed by atoms with E-state index in [1.807, 2.05) is 0 Å². The number of fused-ring (bicyclic) bond motifs is 1. The van der Waals surface area contributed by atoms with Gasteiger partial charge in [0.05, 0.1) is 17.6 Å². The number of nitrogens with one attached hydrogen (secondary N) is 2. The molecule has 2 unspecified atom stereocenters. The van der Waals surface area contributed by atoms with Crippen molar-refractivity contribution in [1.29, 1.82) is 0 Å². The lowest BCUT2D eigenvalue weighted by Gasteiger charge is -2.23. The molecule has 2 heterocycles. The van der Waals surface area contributed by atoms with Gasteiger partial charge in [0.25, 0.3) is 5.91 Å². The van der Waals surface area contributed by atoms with Crippen molar-refractivity contribution < 1.29 is 27.5 Å². The van der Waals surface area contributed by atoms with Gasteiger partial charge in [-0.3, -0.25) is 14.9 Å². The van der Waals surface area contributed by atoms with E-state index < -0.39 is 34.0 Å². The number of halogens is 1. The Balaban J connectivity index is 1.62. The highest BCUT2D eigenvalue weighted by molar-refractivity contribution is 7.89. The molecule has 1 aromatic carbocycles. The fraction of sp³-hybridized carbons (Fsp3) is 0.435. The van der Waals surface area contributed by atoms with Crippen LogP contribution in [0.4, 0.5) is 9.80 Å². The molecule has 1 fully saturated rings. The summed E-state index contributed by atoms with van der Waals surface area (Å²) in [6, 6.07) is 4.88. The molecular formula is C23H26ClN3O6S2. The first-order valence-corrected chi connectivity index (χ1v) is 13.9. The first kappa shape index (κ1) is 25.6. The van der Waals surface area contributed by atoms with Gasteiger partial charge in [-0.15, -0.1) is 11.3 Å². The maximum Gasteiger partial charge on any atom is 0.413 e. The Labute approximate surface area is 212 Å². The van der Waals surface area contributed by atoms with E-state index in [9.17, 15) is 22.8 Å². The topological polar surface area (TPSA) is 122 Å². The average Bonchev–Trinajstić information content (AvgIpc) is 3.44. The molecule has 1 aliphatic heterocycles. The number of sulfonamides is 1. The molecule has 1 aromatic heterocycles. The Morgan fingerprint density at radius 2 is 1.89 bits per heavy atom. The van der Waals surface area contributed by atoms with Crippen LogP contribution in [-0.2, 0) is 32.4 Å². The van der Waals surface area contributed by atoms with Gasteiger partial charge in [-0.25, -0.2) is 13.2 Å². The summed E-state index contributed by atoms with van der Waals surface area (Å²) in [6.45, 7) is 2.32. The normalized spacial score (nSPS) is 20.2. The number of imide groups is 1. The number of hydrogen-bond acceptors (Lipinski definition) is 7. The lowest BCUT2D eigenvalue weighted by atomic mass is 9.88. The molecule has 188 valence electrons. The van der Waals surface area contributed by atoms with E-state index in [0.29, 0.717) is 35.2 Å². The zero-order chi connectivity index (χ0) is 25.3. The van der Waals surface area contributed by atoms with Gasteiger partial charge in [-0.1, -0.05) is 18.5 Å². The Morgan fingerprint density at radius 3 is 2.57 bits per heavy atom. The fourth-order valence-corrected chi connectivity index (χ4v) is 7.71. The highest BCUT2D eigenvalue weighted by Gasteiger charge is 2.40. The summed E-state index contributed by atoms with van der Waals surface area (Å²) in [7, 11) is -2.76. The second-order valence-electron chi connectivity index (χ2n) is 8.72. The van der Waals surface area contributed by atoms with E-state index in [-0.39, 0.29) is 17.0 Å². The third-order valence-corrected chi connectivity index (χ3v) is 9.65. The minimum Gasteiger partial charge on any atom is -0.453 e. The molecule has 1 aliphatic carbocycles. The van der Waals surface area contributed by atoms with Crippen molar-refractivity contribution >= 4 is 55.9 Å². The average molecular weight is 540 g/mol. The highest BCUT2D eigenvalue weighted by Crippen LogP contribution is 2.40. The zero-order valence-corrected chi connectivity index (χ0v) is 21.7. The Hall–Kier alpha value is -2.47. The van der Waals surface area contributed by atoms with Crippen molar-refractivity contribution in [3.63, 3.8) is 0 Å². The summed E-state index contributed by atoms with van der Waals surface area (Å²) in [5.41, 5.74) is 1.04. The van der Waals surface area contributed by atoms with Crippen LogP contribution in [0.5, 0.6) is 0 Å². The van der Waals surface area contributed by atoms with Crippen LogP contribution >= 0.6 is 22.9 Å². The number of anilines is 1. The molecule has 0 radical (unpaired) electrons. The molecular weight excluding hydrogens is 514 g/mol. The van der Waals surface area contributed by atoms with Crippen molar-refractivity contribution in [2.45, 2.75) is 50.0 Å². The molecule has 0 saturated carbocycles. The predicted octanol–water partition coefficient (Wildman–Crippen LogP) is 3.81. The lowest BCUT2D eigenvalue weighted by molar-refractivity contribution is -0.119. The predicted molar refractivity (Wildman–Crippen MR) is 132 cm³/mol. The van der Waals surface area contributed by atoms with E-state index in [4.69, 9.17) is 11.6 Å². The number of amides is 3. The number of carbonyl (C=O) groups is 3. The van der Waals surface area contributed by atoms with Crippen LogP contribution in [0.25, 0.3) is 0 Å². The van der Waals surface area contributed by atoms with Gasteiger partial charge in [0, 0.05) is 16.4 Å². The SMILES string of the molecule is COC(=O)NC(=O)c1c(NC(=O)C2CCCN2S(=O)(=O)c2ccc(Cl)cc2)sc2c1CCC(C)C2. The summed E-state index contributed by atoms with van der Waals surface area (Å²) < 4.78 is 32.2. The number of rotatable bonds is 5. The van der Waals surface area contributed by atoms with Crippen LogP contribution in [0.1, 0.15) is 47.0 Å². The summed E-state index contributed by atoms with van der Waals surface area (Å²) in [4.78, 5) is 39.0. The number of nitrogens with zero attached hydrogens (tertiary/aromatic N) is 1. The van der Waals surface area contributed by atoms with Gasteiger partial charge in [-0.2, -0.15) is 4.31 Å². The summed E-state index contributed by atoms with van der Waals surface area (Å²) in [5, 5.41) is 5.69. The molecule has 0 spiro atoms. The van der Waals surface area contributed by atoms with E-state index in [1.54, 1.807) is 0 Å². The molecule has 2 atom stereocenters. The monoisotopic (exact) mass is 539 g/mol. The van der Waals surface area contributed by atoms with Crippen molar-refractivity contribution in [2.75, 3.05) is 19.0 Å². The summed E-state index contributed by atoms with van der Waals surface area (Å²) >= 11 is 7.19. The van der Waals surface area contributed by atoms with Gasteiger partial charge in [0.15, 0.2) is 0 Å². The number of methoxy groups -OCH3 is 1. The third-order valence-electron chi connectivity index (χ3n) is 6.30. The van der Waals surface area contributed by atoms with Gasteiger partial charge in [0.1, 0.15) is 11.0 Å². The van der Waals surface area contributed by atoms with E-state index in [1.165, 1.54) is 39.9 Å². The minimum absolute atomic E-state index is 0.0559. The summed E-state index contributed by atoms with van der Waals surface area (Å²) in [6.07, 6.45) is 2.27. The molecule has 4 rings (SSSR count). The van der Waals surface area contributed by atoms with Crippen LogP contribution in [0.15, 0.2) is 29.2 Å². The van der Waals surface area contributed by atoms with Crippen molar-refractivity contribution in [3.05, 3.63) is 45.3 Å². The second kappa shape index (κ2) is 10.3. The Kier molecular flexibility index (Phi) is 7.51. The van der Waals surface area contributed by atoms with Crippen LogP contribution in [0, 0.1) is 5.92 Å². The number of benzene rings is 1. The molecule has 1 saturated heterocycles. The molecule has 2 N–H and O–H groups in total. The number of hydrogen-bond donors (Lipinski definition) is 2. The largest absolute Gasteiger partial charge is 0.453 e. The van der Waals surface area contributed by atoms with Crippen molar-refractivity contribution in [1.82, 2.24) is 9.62 Å². The van der Waals surface area contributed by atoms with Gasteiger partial charge < -0.3 is 10.1 Å². The van der Waals surface area contributed by atoms with Crippen LogP contribution < -0.4 is 10.6 Å². The highest BCUT2D eigenvalue weighted by atomic mass is 35.5. The maximum atomic E-state index is 13.3. The fourth-order valence-electron chi connectivity index (χ4n) is 4.51. The number of thiophene rings is 1. The zero-order valence-electron chi connectivity index (χ0n) is 19.3. The van der Waals surface area contributed by atoms with Gasteiger partial charge in [0.2, 0.25) is 15.9 Å². The molecule has 3 amide bonds. The van der Waals surface area contributed by atoms with Gasteiger partial charge in [-0.05, 0) is 67.9 Å². The Morgan fingerprint density at radius 1 is 1.17 bits per heavy atom. The lowest BCUT2D eigenvalue weighted by Crippen LogP contribution is -2.43. The van der Waals surface area contributed by atoms with Crippen molar-refractivity contribution in [2.24, 2.45) is 5.92 Å². The molecule has 35 heavy (non-hydrogen) atoms. The minimum atomic E-state index is -3.92. The first-order valence-electron chi connectivity index (χ1n) is 11.2. The number of ether oxygens (including phenoxy) is 1. The molecule has 2 aromatic rings. The molecule has 2 aliphatic rings. The summed E-state index contributed by atoms with van der Waals surface area (Å²) in [5.74, 6) is -0.744. The van der Waals surface area contributed by atoms with Crippen LogP contribution in [-0.4, -0.2) is 50.3 Å². The number of carbonyl (C=O) groups excluding carboxylic acids is 3. The second-order valence-corrected chi connectivity index (χ2v) is 12.2. The maximum absolute atomic E-state index is 13.3. The molecule has 9 nitrogen and oxygen atoms in total. The van der Waals surface area contributed by atoms with E-state index in [0.717, 1.165) is 30.4 Å². The van der Waals surface area contributed by atoms with Crippen LogP contribution in [0.2, 0.25) is 5.02 Å². The van der Waals surface area contributed by atoms with Crippen molar-refractivity contribution in [3.8, 4) is 0 Å². The first-order chi connectivity index (χ1) is 16.6. The van der Waals surface area contributed by atoms with E-state index >= 15 is 0 Å². The number of alkyl carbamates (subject to hydrolysis) is 1. The molecule has 0 bridgehead atoms. The smallest absolute Gasteiger partial charge is 0.413 e. The quantitative estimate of drug-likeness (QED) is 0.595. The van der Waals surface area contributed by atoms with Crippen LogP contribution in [0.3, 0.4) is 0 Å². The Bertz CT molecular complexity index is 1260.